The average Bonchev–Trinajstić information content (AvgIpc) is 3.20. The van der Waals surface area contributed by atoms with Gasteiger partial charge in [0, 0.05) is 31.1 Å². The number of aliphatic carboxylic acids is 2. The molecule has 0 saturated heterocycles. The molecule has 0 saturated carbocycles. The second-order valence-electron chi connectivity index (χ2n) is 9.94. The zero-order valence-corrected chi connectivity index (χ0v) is 25.5. The lowest BCUT2D eigenvalue weighted by Gasteiger charge is -2.40. The first kappa shape index (κ1) is 36.8. The maximum Gasteiger partial charge on any atom is 0.490 e. The topological polar surface area (TPSA) is 146 Å². The number of nitrogens with two attached hydrogens (primary N) is 1. The number of halogens is 7. The summed E-state index contributed by atoms with van der Waals surface area (Å²) in [5, 5.41) is 15.3. The molecule has 17 heteroatoms. The number of carbonyl (C=O) groups is 4. The van der Waals surface area contributed by atoms with E-state index >= 15 is 0 Å². The van der Waals surface area contributed by atoms with Gasteiger partial charge in [0.25, 0.3) is 0 Å². The number of hydrogen-bond acceptors (Lipinski definition) is 6. The number of rotatable bonds is 4. The highest BCUT2D eigenvalue weighted by Gasteiger charge is 2.40. The second kappa shape index (κ2) is 14.1. The summed E-state index contributed by atoms with van der Waals surface area (Å²) in [4.78, 5) is 47.9. The van der Waals surface area contributed by atoms with Crippen LogP contribution < -0.4 is 5.73 Å². The van der Waals surface area contributed by atoms with Crippen molar-refractivity contribution in [2.24, 2.45) is 11.7 Å². The molecule has 1 aromatic heterocycles. The van der Waals surface area contributed by atoms with Crippen LogP contribution in [-0.4, -0.2) is 99.5 Å². The summed E-state index contributed by atoms with van der Waals surface area (Å²) in [6.45, 7) is 7.89. The summed E-state index contributed by atoms with van der Waals surface area (Å²) < 4.78 is 66.0. The highest BCUT2D eigenvalue weighted by atomic mass is 79.9. The Hall–Kier alpha value is -3.44. The van der Waals surface area contributed by atoms with Gasteiger partial charge >= 0.3 is 24.3 Å². The molecular weight excluding hydrogens is 670 g/mol. The molecule has 0 fully saturated rings. The third kappa shape index (κ3) is 7.98. The van der Waals surface area contributed by atoms with E-state index in [4.69, 9.17) is 25.5 Å². The number of nitrogens with zero attached hydrogens (tertiary/aromatic N) is 3. The zero-order chi connectivity index (χ0) is 33.9. The van der Waals surface area contributed by atoms with Crippen LogP contribution >= 0.6 is 15.9 Å². The summed E-state index contributed by atoms with van der Waals surface area (Å²) in [6, 6.07) is 5.66. The number of amides is 1. The first-order valence-electron chi connectivity index (χ1n) is 13.1. The Morgan fingerprint density at radius 1 is 1.05 bits per heavy atom. The van der Waals surface area contributed by atoms with Crippen LogP contribution in [0.1, 0.15) is 36.7 Å². The van der Waals surface area contributed by atoms with Gasteiger partial charge in [-0.2, -0.15) is 26.3 Å². The number of fused-ring (bicyclic) bond motifs is 2. The lowest BCUT2D eigenvalue weighted by Crippen LogP contribution is -2.47. The smallest absolute Gasteiger partial charge is 0.475 e. The Bertz CT molecular complexity index is 1420. The minimum absolute atomic E-state index is 0.128. The van der Waals surface area contributed by atoms with Crippen LogP contribution in [0.15, 0.2) is 28.9 Å². The van der Waals surface area contributed by atoms with Crippen LogP contribution in [0.3, 0.4) is 0 Å². The SMILES string of the molecule is CCN(CC)C(=O)[C@@H]1C=C2c3cccc4c3c(c(Br)n4C(=O)[C@@H](C)N)C[C@H]2N(C)C1.O=C(O)C(F)(F)F.O=C(O)C(F)(F)F. The van der Waals surface area contributed by atoms with Crippen LogP contribution in [0.25, 0.3) is 16.5 Å². The van der Waals surface area contributed by atoms with Crippen LogP contribution in [0.2, 0.25) is 0 Å². The molecule has 1 aromatic carbocycles. The fourth-order valence-electron chi connectivity index (χ4n) is 4.94. The Labute approximate surface area is 256 Å². The third-order valence-electron chi connectivity index (χ3n) is 6.98. The number of likely N-dealkylation sites (N-methyl/N-ethyl adjacent to an activating group) is 1. The molecule has 0 spiro atoms. The standard InChI is InChI=1S/C23H29BrN4O2.2C2HF3O2/c1-5-27(6-2)23(30)14-10-16-15-8-7-9-18-20(15)17(11-19(16)26(4)12-14)21(24)28(18)22(29)13(3)25;2*3-2(4,5)1(6)7/h7-10,13-14,19H,5-6,11-12,25H2,1-4H3;2*(H,6,7)/t13-,14-,19-;;/m1../s1. The number of carboxylic acids is 2. The Morgan fingerprint density at radius 3 is 1.98 bits per heavy atom. The number of carbonyl (C=O) groups excluding carboxylic acids is 2. The summed E-state index contributed by atoms with van der Waals surface area (Å²) in [6.07, 6.45) is -7.20. The molecule has 0 radical (unpaired) electrons. The minimum Gasteiger partial charge on any atom is -0.475 e. The van der Waals surface area contributed by atoms with E-state index in [2.05, 4.69) is 40.0 Å². The Balaban J connectivity index is 0.000000402. The lowest BCUT2D eigenvalue weighted by molar-refractivity contribution is -0.193. The number of aromatic nitrogens is 1. The molecule has 244 valence electrons. The van der Waals surface area contributed by atoms with E-state index in [1.165, 1.54) is 5.57 Å². The van der Waals surface area contributed by atoms with Crippen molar-refractivity contribution < 1.29 is 55.7 Å². The van der Waals surface area contributed by atoms with Gasteiger partial charge in [0.2, 0.25) is 11.8 Å². The van der Waals surface area contributed by atoms with Crippen LogP contribution in [-0.2, 0) is 20.8 Å². The summed E-state index contributed by atoms with van der Waals surface area (Å²) in [5.41, 5.74) is 10.2. The van der Waals surface area contributed by atoms with E-state index in [9.17, 15) is 35.9 Å². The number of alkyl halides is 6. The molecule has 2 aromatic rings. The second-order valence-corrected chi connectivity index (χ2v) is 10.7. The quantitative estimate of drug-likeness (QED) is 0.398. The van der Waals surface area contributed by atoms with E-state index in [-0.39, 0.29) is 23.8 Å². The largest absolute Gasteiger partial charge is 0.490 e. The number of hydrogen-bond donors (Lipinski definition) is 3. The van der Waals surface area contributed by atoms with Gasteiger partial charge in [-0.05, 0) is 72.9 Å². The van der Waals surface area contributed by atoms with Gasteiger partial charge in [-0.15, -0.1) is 0 Å². The molecule has 0 unspecified atom stereocenters. The van der Waals surface area contributed by atoms with Crippen molar-refractivity contribution in [1.29, 1.82) is 0 Å². The molecule has 0 bridgehead atoms. The fourth-order valence-corrected chi connectivity index (χ4v) is 5.66. The molecule has 10 nitrogen and oxygen atoms in total. The van der Waals surface area contributed by atoms with Crippen molar-refractivity contribution in [2.75, 3.05) is 26.7 Å². The predicted molar refractivity (Wildman–Crippen MR) is 151 cm³/mol. The minimum atomic E-state index is -5.08. The maximum absolute atomic E-state index is 13.1. The molecule has 3 atom stereocenters. The summed E-state index contributed by atoms with van der Waals surface area (Å²) in [5.74, 6) is -5.62. The van der Waals surface area contributed by atoms with Crippen molar-refractivity contribution in [2.45, 2.75) is 51.6 Å². The molecule has 2 heterocycles. The van der Waals surface area contributed by atoms with E-state index < -0.39 is 30.3 Å². The molecule has 4 N–H and O–H groups in total. The molecule has 1 amide bonds. The van der Waals surface area contributed by atoms with E-state index in [0.717, 1.165) is 46.1 Å². The number of benzene rings is 1. The molecular formula is C27H31BrF6N4O6. The molecule has 44 heavy (non-hydrogen) atoms. The monoisotopic (exact) mass is 700 g/mol. The molecule has 1 aliphatic heterocycles. The van der Waals surface area contributed by atoms with Crippen molar-refractivity contribution >= 4 is 56.2 Å². The third-order valence-corrected chi connectivity index (χ3v) is 7.82. The van der Waals surface area contributed by atoms with Gasteiger partial charge in [-0.1, -0.05) is 18.2 Å². The first-order valence-corrected chi connectivity index (χ1v) is 13.9. The van der Waals surface area contributed by atoms with Gasteiger partial charge in [-0.3, -0.25) is 19.1 Å². The van der Waals surface area contributed by atoms with Crippen LogP contribution in [0.4, 0.5) is 26.3 Å². The summed E-state index contributed by atoms with van der Waals surface area (Å²) in [7, 11) is 2.09. The van der Waals surface area contributed by atoms with E-state index in [1.807, 2.05) is 30.9 Å². The summed E-state index contributed by atoms with van der Waals surface area (Å²) >= 11 is 3.69. The molecule has 4 rings (SSSR count). The average molecular weight is 701 g/mol. The fraction of sp³-hybridized carbons (Fsp3) is 0.481. The first-order chi connectivity index (χ1) is 20.2. The van der Waals surface area contributed by atoms with E-state index in [1.54, 1.807) is 11.5 Å². The van der Waals surface area contributed by atoms with Crippen molar-refractivity contribution in [1.82, 2.24) is 14.4 Å². The van der Waals surface area contributed by atoms with Gasteiger partial charge in [0.15, 0.2) is 0 Å². The number of carboxylic acid groups (broad SMARTS) is 2. The molecule has 2 aliphatic rings. The maximum atomic E-state index is 13.1. The lowest BCUT2D eigenvalue weighted by atomic mass is 9.79. The Kier molecular flexibility index (Phi) is 11.8. The van der Waals surface area contributed by atoms with Crippen molar-refractivity contribution in [3.8, 4) is 0 Å². The van der Waals surface area contributed by atoms with Crippen molar-refractivity contribution in [3.63, 3.8) is 0 Å². The van der Waals surface area contributed by atoms with Gasteiger partial charge in [-0.25, -0.2) is 9.59 Å². The normalized spacial score (nSPS) is 18.5. The van der Waals surface area contributed by atoms with Crippen LogP contribution in [0.5, 0.6) is 0 Å². The van der Waals surface area contributed by atoms with Gasteiger partial charge in [0.05, 0.1) is 22.1 Å². The Morgan fingerprint density at radius 2 is 1.55 bits per heavy atom. The highest BCUT2D eigenvalue weighted by Crippen LogP contribution is 2.45. The molecule has 1 aliphatic carbocycles. The van der Waals surface area contributed by atoms with Crippen molar-refractivity contribution in [3.05, 3.63) is 40.0 Å². The predicted octanol–water partition coefficient (Wildman–Crippen LogP) is 4.40. The van der Waals surface area contributed by atoms with Crippen LogP contribution in [0, 0.1) is 5.92 Å². The van der Waals surface area contributed by atoms with E-state index in [0.29, 0.717) is 6.54 Å². The van der Waals surface area contributed by atoms with Gasteiger partial charge < -0.3 is 20.8 Å². The highest BCUT2D eigenvalue weighted by molar-refractivity contribution is 9.10. The van der Waals surface area contributed by atoms with Gasteiger partial charge in [0.1, 0.15) is 0 Å². The zero-order valence-electron chi connectivity index (χ0n) is 24.0.